The number of rotatable bonds is 4. The fraction of sp³-hybridized carbons (Fsp3) is 0. The van der Waals surface area contributed by atoms with Gasteiger partial charge >= 0.3 is 0 Å². The van der Waals surface area contributed by atoms with Crippen molar-refractivity contribution in [2.45, 2.75) is 0 Å². The van der Waals surface area contributed by atoms with Crippen LogP contribution in [0.25, 0.3) is 0 Å². The molecule has 0 aromatic heterocycles. The van der Waals surface area contributed by atoms with Crippen molar-refractivity contribution in [1.29, 1.82) is 0 Å². The minimum atomic E-state index is 0.616. The molecule has 8 heteroatoms. The molecule has 0 rings (SSSR count). The van der Waals surface area contributed by atoms with E-state index in [-0.39, 0.29) is 0 Å². The third-order valence-corrected chi connectivity index (χ3v) is 1.05. The standard InChI is InChI=1S/C2B8/c3-7-1(8-4)2(9-5)10-6. The highest BCUT2D eigenvalue weighted by atomic mass is 13.6. The van der Waals surface area contributed by atoms with Gasteiger partial charge in [-0.2, -0.15) is 10.7 Å². The van der Waals surface area contributed by atoms with E-state index in [1.165, 1.54) is 28.7 Å². The Balaban J connectivity index is 4.20. The van der Waals surface area contributed by atoms with Gasteiger partial charge in [-0.15, -0.1) is 0 Å². The molecule has 10 heavy (non-hydrogen) atoms. The molecule has 0 N–H and O–H groups in total. The maximum atomic E-state index is 5.19. The van der Waals surface area contributed by atoms with Crippen LogP contribution in [0.2, 0.25) is 0 Å². The summed E-state index contributed by atoms with van der Waals surface area (Å²) in [5.41, 5.74) is 0. The quantitative estimate of drug-likeness (QED) is 0.345. The van der Waals surface area contributed by atoms with Crippen molar-refractivity contribution >= 4 is 59.6 Å². The van der Waals surface area contributed by atoms with Crippen molar-refractivity contribution in [2.75, 3.05) is 0 Å². The maximum absolute atomic E-state index is 5.19. The van der Waals surface area contributed by atoms with Gasteiger partial charge in [0.2, 0.25) is 0 Å². The molecule has 0 atom stereocenters. The van der Waals surface area contributed by atoms with Gasteiger partial charge in [-0.3, -0.25) is 0 Å². The minimum absolute atomic E-state index is 0.616. The molecule has 0 unspecified atom stereocenters. The molecule has 32 valence electrons. The van der Waals surface area contributed by atoms with Crippen LogP contribution in [0.5, 0.6) is 0 Å². The summed E-state index contributed by atoms with van der Waals surface area (Å²) in [5, 5.41) is 1.23. The van der Waals surface area contributed by atoms with Crippen LogP contribution in [0.15, 0.2) is 10.7 Å². The second kappa shape index (κ2) is 6.00. The fourth-order valence-electron chi connectivity index (χ4n) is 0.496. The maximum Gasteiger partial charge on any atom is 0.0739 e. The molecule has 0 heterocycles. The van der Waals surface area contributed by atoms with Gasteiger partial charge in [-0.1, -0.05) is 0 Å². The van der Waals surface area contributed by atoms with E-state index in [9.17, 15) is 0 Å². The first-order valence-corrected chi connectivity index (χ1v) is 2.74. The van der Waals surface area contributed by atoms with E-state index in [0.717, 1.165) is 0 Å². The third-order valence-electron chi connectivity index (χ3n) is 1.05. The molecule has 0 aromatic rings. The Morgan fingerprint density at radius 3 is 0.900 bits per heavy atom. The molecule has 0 saturated carbocycles. The van der Waals surface area contributed by atoms with Gasteiger partial charge in [-0.05, 0) is 0 Å². The zero-order chi connectivity index (χ0) is 7.98. The van der Waals surface area contributed by atoms with E-state index in [1.54, 1.807) is 0 Å². The van der Waals surface area contributed by atoms with Crippen molar-refractivity contribution < 1.29 is 0 Å². The lowest BCUT2D eigenvalue weighted by Crippen LogP contribution is -2.17. The van der Waals surface area contributed by atoms with Crippen LogP contribution in [-0.4, -0.2) is 59.6 Å². The monoisotopic (exact) mass is 112 g/mol. The van der Waals surface area contributed by atoms with E-state index >= 15 is 0 Å². The Morgan fingerprint density at radius 2 is 0.800 bits per heavy atom. The summed E-state index contributed by atoms with van der Waals surface area (Å²) in [4.78, 5) is 0. The van der Waals surface area contributed by atoms with E-state index in [2.05, 4.69) is 0 Å². The van der Waals surface area contributed by atoms with Gasteiger partial charge < -0.3 is 0 Å². The van der Waals surface area contributed by atoms with Crippen LogP contribution in [0.1, 0.15) is 0 Å². The summed E-state index contributed by atoms with van der Waals surface area (Å²) in [5.74, 6) is 0. The van der Waals surface area contributed by atoms with Crippen molar-refractivity contribution in [3.05, 3.63) is 10.7 Å². The molecule has 0 nitrogen and oxygen atoms in total. The highest BCUT2D eigenvalue weighted by Gasteiger charge is 1.98. The van der Waals surface area contributed by atoms with Crippen molar-refractivity contribution in [1.82, 2.24) is 0 Å². The predicted molar refractivity (Wildman–Crippen MR) is 53.1 cm³/mol. The van der Waals surface area contributed by atoms with Gasteiger partial charge in [0, 0.05) is 30.9 Å². The molecule has 0 aliphatic carbocycles. The average Bonchev–Trinajstić information content (AvgIpc) is 2.00. The normalized spacial score (nSPS) is 7.60. The van der Waals surface area contributed by atoms with Crippen LogP contribution in [-0.2, 0) is 0 Å². The zero-order valence-electron chi connectivity index (χ0n) is 5.62. The fourth-order valence-corrected chi connectivity index (χ4v) is 0.496. The molecule has 0 aromatic carbocycles. The van der Waals surface area contributed by atoms with Crippen LogP contribution in [0, 0.1) is 0 Å². The van der Waals surface area contributed by atoms with Crippen molar-refractivity contribution in [3.8, 4) is 0 Å². The summed E-state index contributed by atoms with van der Waals surface area (Å²) in [6.45, 7) is 0. The van der Waals surface area contributed by atoms with E-state index < -0.39 is 0 Å². The third kappa shape index (κ3) is 2.90. The lowest BCUT2D eigenvalue weighted by atomic mass is 9.22. The molecule has 0 bridgehead atoms. The molecular weight excluding hydrogens is 111 g/mol. The summed E-state index contributed by atoms with van der Waals surface area (Å²) in [6.07, 6.45) is 0. The SMILES string of the molecule is [B][B]C([B][B])=C([B][B])[B][B]. The lowest BCUT2D eigenvalue weighted by molar-refractivity contribution is 2.20. The number of hydrogen-bond donors (Lipinski definition) is 0. The zero-order valence-corrected chi connectivity index (χ0v) is 5.62. The summed E-state index contributed by atoms with van der Waals surface area (Å²) in [7, 11) is 26.1. The summed E-state index contributed by atoms with van der Waals surface area (Å²) < 4.78 is 0. The van der Waals surface area contributed by atoms with Crippen molar-refractivity contribution in [2.24, 2.45) is 0 Å². The Morgan fingerprint density at radius 1 is 0.600 bits per heavy atom. The smallest absolute Gasteiger partial charge is 0.0739 e. The Bertz CT molecular complexity index is 90.4. The molecule has 0 saturated heterocycles. The summed E-state index contributed by atoms with van der Waals surface area (Å²) in [6, 6.07) is 0. The van der Waals surface area contributed by atoms with Gasteiger partial charge in [0.15, 0.2) is 0 Å². The van der Waals surface area contributed by atoms with Crippen LogP contribution < -0.4 is 0 Å². The van der Waals surface area contributed by atoms with E-state index in [4.69, 9.17) is 30.9 Å². The van der Waals surface area contributed by atoms with Gasteiger partial charge in [-0.25, -0.2) is 0 Å². The Kier molecular flexibility index (Phi) is 6.16. The first-order chi connectivity index (χ1) is 4.79. The molecular formula is C2B8. The van der Waals surface area contributed by atoms with Gasteiger partial charge in [0.25, 0.3) is 0 Å². The van der Waals surface area contributed by atoms with E-state index in [1.807, 2.05) is 0 Å². The molecule has 0 fully saturated rings. The first kappa shape index (κ1) is 10.3. The van der Waals surface area contributed by atoms with E-state index in [0.29, 0.717) is 10.7 Å². The highest BCUT2D eigenvalue weighted by Crippen LogP contribution is 1.93. The predicted octanol–water partition coefficient (Wildman–Crippen LogP) is -2.74. The molecule has 0 spiro atoms. The highest BCUT2D eigenvalue weighted by molar-refractivity contribution is 7.16. The minimum Gasteiger partial charge on any atom is -0.182 e. The largest absolute Gasteiger partial charge is 0.182 e. The molecule has 0 amide bonds. The molecule has 0 aliphatic rings. The van der Waals surface area contributed by atoms with Crippen LogP contribution in [0.4, 0.5) is 0 Å². The molecule has 12 radical (unpaired) electrons. The van der Waals surface area contributed by atoms with Crippen molar-refractivity contribution in [3.63, 3.8) is 0 Å². The Labute approximate surface area is 70.9 Å². The molecule has 0 aliphatic heterocycles. The van der Waals surface area contributed by atoms with Gasteiger partial charge in [0.1, 0.15) is 0 Å². The van der Waals surface area contributed by atoms with Crippen LogP contribution >= 0.6 is 0 Å². The van der Waals surface area contributed by atoms with Gasteiger partial charge in [0.05, 0.1) is 28.7 Å². The second-order valence-electron chi connectivity index (χ2n) is 1.58. The summed E-state index contributed by atoms with van der Waals surface area (Å²) >= 11 is 0. The first-order valence-electron chi connectivity index (χ1n) is 2.74. The average molecular weight is 111 g/mol. The lowest BCUT2D eigenvalue weighted by Gasteiger charge is -2.08. The number of hydrogen-bond acceptors (Lipinski definition) is 0. The Hall–Kier alpha value is 0.259. The van der Waals surface area contributed by atoms with Crippen LogP contribution in [0.3, 0.4) is 0 Å². The topological polar surface area (TPSA) is 0 Å². The second-order valence-corrected chi connectivity index (χ2v) is 1.58.